The second-order valence-corrected chi connectivity index (χ2v) is 10.9. The van der Waals surface area contributed by atoms with Gasteiger partial charge in [-0.1, -0.05) is 18.7 Å². The molecule has 3 aliphatic rings. The van der Waals surface area contributed by atoms with E-state index in [1.165, 1.54) is 6.08 Å². The average molecular weight is 544 g/mol. The van der Waals surface area contributed by atoms with Gasteiger partial charge in [0.05, 0.1) is 18.6 Å². The Balaban J connectivity index is 1.03. The summed E-state index contributed by atoms with van der Waals surface area (Å²) in [5.74, 6) is 1.06. The summed E-state index contributed by atoms with van der Waals surface area (Å²) in [5, 5.41) is 4.13. The second kappa shape index (κ2) is 11.8. The summed E-state index contributed by atoms with van der Waals surface area (Å²) in [7, 11) is 0. The third kappa shape index (κ3) is 5.59. The van der Waals surface area contributed by atoms with Gasteiger partial charge in [0.25, 0.3) is 0 Å². The van der Waals surface area contributed by atoms with Gasteiger partial charge in [0.1, 0.15) is 17.8 Å². The van der Waals surface area contributed by atoms with Crippen LogP contribution in [-0.2, 0) is 14.3 Å². The monoisotopic (exact) mass is 543 g/mol. The van der Waals surface area contributed by atoms with E-state index in [1.807, 2.05) is 29.2 Å². The fourth-order valence-corrected chi connectivity index (χ4v) is 6.19. The maximum Gasteiger partial charge on any atom is 0.245 e. The van der Waals surface area contributed by atoms with E-state index < -0.39 is 0 Å². The quantitative estimate of drug-likeness (QED) is 0.460. The highest BCUT2D eigenvalue weighted by Gasteiger charge is 2.31. The minimum atomic E-state index is 0.0178. The van der Waals surface area contributed by atoms with Crippen molar-refractivity contribution >= 4 is 34.4 Å². The van der Waals surface area contributed by atoms with Crippen LogP contribution < -0.4 is 10.2 Å². The Hall–Kier alpha value is -3.76. The van der Waals surface area contributed by atoms with E-state index in [2.05, 4.69) is 42.7 Å². The summed E-state index contributed by atoms with van der Waals surface area (Å²) in [6.07, 6.45) is 6.69. The smallest absolute Gasteiger partial charge is 0.245 e. The average Bonchev–Trinajstić information content (AvgIpc) is 3.46. The molecule has 0 radical (unpaired) electrons. The number of benzene rings is 1. The van der Waals surface area contributed by atoms with Gasteiger partial charge in [-0.15, -0.1) is 0 Å². The van der Waals surface area contributed by atoms with Crippen molar-refractivity contribution in [1.82, 2.24) is 24.8 Å². The van der Waals surface area contributed by atoms with Crippen molar-refractivity contribution in [3.8, 4) is 11.3 Å². The predicted molar refractivity (Wildman–Crippen MR) is 155 cm³/mol. The van der Waals surface area contributed by atoms with E-state index >= 15 is 0 Å². The molecule has 10 nitrogen and oxygen atoms in total. The van der Waals surface area contributed by atoms with Crippen LogP contribution >= 0.6 is 0 Å². The van der Waals surface area contributed by atoms with Crippen LogP contribution in [0.3, 0.4) is 0 Å². The number of anilines is 2. The highest BCUT2D eigenvalue weighted by molar-refractivity contribution is 5.94. The van der Waals surface area contributed by atoms with E-state index in [-0.39, 0.29) is 17.7 Å². The molecule has 0 saturated carbocycles. The first-order valence-corrected chi connectivity index (χ1v) is 14.3. The molecular formula is C30H37N7O3. The number of carbonyl (C=O) groups excluding carboxylic acids is 2. The number of nitrogens with one attached hydrogen (secondary N) is 2. The fourth-order valence-electron chi connectivity index (χ4n) is 6.19. The SMILES string of the molecule is C=CC(=O)N1CCC(N2CCC(C(=O)Nc3ccc(-c4cc5c(N6CCOCC6)ncnc5[nH]4)cc3)CC2)CC1. The molecule has 0 bridgehead atoms. The topological polar surface area (TPSA) is 107 Å². The highest BCUT2D eigenvalue weighted by Crippen LogP contribution is 2.30. The van der Waals surface area contributed by atoms with Crippen molar-refractivity contribution in [1.29, 1.82) is 0 Å². The van der Waals surface area contributed by atoms with Gasteiger partial charge in [-0.3, -0.25) is 9.59 Å². The molecule has 2 N–H and O–H groups in total. The molecule has 210 valence electrons. The molecule has 0 atom stereocenters. The Bertz CT molecular complexity index is 1350. The Morgan fingerprint density at radius 3 is 2.40 bits per heavy atom. The number of ether oxygens (including phenoxy) is 1. The largest absolute Gasteiger partial charge is 0.378 e. The minimum absolute atomic E-state index is 0.0178. The van der Waals surface area contributed by atoms with Crippen LogP contribution in [0.5, 0.6) is 0 Å². The molecule has 3 aliphatic heterocycles. The third-order valence-electron chi connectivity index (χ3n) is 8.55. The molecule has 0 unspecified atom stereocenters. The molecular weight excluding hydrogens is 506 g/mol. The van der Waals surface area contributed by atoms with Gasteiger partial charge in [0.2, 0.25) is 11.8 Å². The lowest BCUT2D eigenvalue weighted by molar-refractivity contribution is -0.128. The Kier molecular flexibility index (Phi) is 7.79. The van der Waals surface area contributed by atoms with Crippen LogP contribution in [0.15, 0.2) is 49.3 Å². The fraction of sp³-hybridized carbons (Fsp3) is 0.467. The van der Waals surface area contributed by atoms with Crippen molar-refractivity contribution in [2.45, 2.75) is 31.7 Å². The lowest BCUT2D eigenvalue weighted by Crippen LogP contribution is -2.49. The van der Waals surface area contributed by atoms with Gasteiger partial charge in [-0.05, 0) is 68.6 Å². The number of morpholine rings is 1. The molecule has 6 rings (SSSR count). The summed E-state index contributed by atoms with van der Waals surface area (Å²) >= 11 is 0. The van der Waals surface area contributed by atoms with E-state index in [4.69, 9.17) is 4.74 Å². The molecule has 3 fully saturated rings. The predicted octanol–water partition coefficient (Wildman–Crippen LogP) is 3.29. The first kappa shape index (κ1) is 26.5. The number of piperidine rings is 2. The Morgan fingerprint density at radius 2 is 1.70 bits per heavy atom. The van der Waals surface area contributed by atoms with Crippen molar-refractivity contribution in [2.75, 3.05) is 62.7 Å². The normalized spacial score (nSPS) is 19.6. The van der Waals surface area contributed by atoms with Gasteiger partial charge in [0.15, 0.2) is 0 Å². The number of hydrogen-bond acceptors (Lipinski definition) is 7. The number of rotatable bonds is 6. The van der Waals surface area contributed by atoms with Gasteiger partial charge in [-0.25, -0.2) is 9.97 Å². The molecule has 2 amide bonds. The van der Waals surface area contributed by atoms with Crippen LogP contribution in [0.2, 0.25) is 0 Å². The molecule has 2 aromatic heterocycles. The zero-order valence-corrected chi connectivity index (χ0v) is 22.8. The standard InChI is InChI=1S/C30H37N7O3/c1-2-27(38)36-13-9-24(10-14-36)35-11-7-22(8-12-35)30(39)33-23-5-3-21(4-6-23)26-19-25-28(34-26)31-20-32-29(25)37-15-17-40-18-16-37/h2-6,19-20,22,24H,1,7-18H2,(H,33,39)(H,31,32,34). The number of nitrogens with zero attached hydrogens (tertiary/aromatic N) is 5. The summed E-state index contributed by atoms with van der Waals surface area (Å²) < 4.78 is 5.49. The van der Waals surface area contributed by atoms with Gasteiger partial charge in [0, 0.05) is 49.5 Å². The molecule has 40 heavy (non-hydrogen) atoms. The summed E-state index contributed by atoms with van der Waals surface area (Å²) in [4.78, 5) is 43.9. The summed E-state index contributed by atoms with van der Waals surface area (Å²) in [6.45, 7) is 10.0. The maximum atomic E-state index is 13.0. The van der Waals surface area contributed by atoms with E-state index in [0.717, 1.165) is 98.7 Å². The van der Waals surface area contributed by atoms with Crippen LogP contribution in [0.1, 0.15) is 25.7 Å². The zero-order chi connectivity index (χ0) is 27.5. The van der Waals surface area contributed by atoms with Crippen molar-refractivity contribution < 1.29 is 14.3 Å². The van der Waals surface area contributed by atoms with Crippen LogP contribution in [0, 0.1) is 5.92 Å². The number of aromatic nitrogens is 3. The minimum Gasteiger partial charge on any atom is -0.378 e. The Morgan fingerprint density at radius 1 is 0.975 bits per heavy atom. The summed E-state index contributed by atoms with van der Waals surface area (Å²) in [5.41, 5.74) is 3.61. The van der Waals surface area contributed by atoms with Gasteiger partial charge < -0.3 is 29.7 Å². The first-order chi connectivity index (χ1) is 19.6. The molecule has 3 saturated heterocycles. The van der Waals surface area contributed by atoms with Crippen molar-refractivity contribution in [2.24, 2.45) is 5.92 Å². The molecule has 3 aromatic rings. The number of aromatic amines is 1. The number of likely N-dealkylation sites (tertiary alicyclic amines) is 2. The number of carbonyl (C=O) groups is 2. The lowest BCUT2D eigenvalue weighted by Gasteiger charge is -2.41. The van der Waals surface area contributed by atoms with Crippen LogP contribution in [0.4, 0.5) is 11.5 Å². The van der Waals surface area contributed by atoms with Crippen LogP contribution in [-0.4, -0.2) is 95.1 Å². The Labute approximate surface area is 234 Å². The lowest BCUT2D eigenvalue weighted by atomic mass is 9.92. The van der Waals surface area contributed by atoms with Gasteiger partial charge in [-0.2, -0.15) is 0 Å². The highest BCUT2D eigenvalue weighted by atomic mass is 16.5. The third-order valence-corrected chi connectivity index (χ3v) is 8.55. The molecule has 0 aliphatic carbocycles. The summed E-state index contributed by atoms with van der Waals surface area (Å²) in [6, 6.07) is 10.6. The first-order valence-electron chi connectivity index (χ1n) is 14.3. The zero-order valence-electron chi connectivity index (χ0n) is 22.8. The van der Waals surface area contributed by atoms with Crippen LogP contribution in [0.25, 0.3) is 22.3 Å². The van der Waals surface area contributed by atoms with E-state index in [1.54, 1.807) is 6.33 Å². The van der Waals surface area contributed by atoms with E-state index in [9.17, 15) is 9.59 Å². The number of hydrogen-bond donors (Lipinski definition) is 2. The maximum absolute atomic E-state index is 13.0. The molecule has 5 heterocycles. The number of H-pyrrole nitrogens is 1. The van der Waals surface area contributed by atoms with Gasteiger partial charge >= 0.3 is 0 Å². The molecule has 1 aromatic carbocycles. The van der Waals surface area contributed by atoms with Crippen molar-refractivity contribution in [3.63, 3.8) is 0 Å². The number of amides is 2. The number of fused-ring (bicyclic) bond motifs is 1. The second-order valence-electron chi connectivity index (χ2n) is 10.9. The van der Waals surface area contributed by atoms with Crippen molar-refractivity contribution in [3.05, 3.63) is 49.3 Å². The van der Waals surface area contributed by atoms with E-state index in [0.29, 0.717) is 19.3 Å². The molecule has 10 heteroatoms. The molecule has 0 spiro atoms.